The van der Waals surface area contributed by atoms with Crippen molar-refractivity contribution in [3.05, 3.63) is 0 Å². The summed E-state index contributed by atoms with van der Waals surface area (Å²) in [5.74, 6) is -0.730. The van der Waals surface area contributed by atoms with E-state index in [1.54, 1.807) is 0 Å². The fraction of sp³-hybridized carbons (Fsp3) is 0.941. The molecule has 3 N–H and O–H groups in total. The van der Waals surface area contributed by atoms with E-state index in [-0.39, 0.29) is 25.7 Å². The third-order valence-electron chi connectivity index (χ3n) is 16.1. The van der Waals surface area contributed by atoms with E-state index in [9.17, 15) is 43.2 Å². The van der Waals surface area contributed by atoms with Crippen LogP contribution in [-0.4, -0.2) is 96.7 Å². The van der Waals surface area contributed by atoms with Gasteiger partial charge in [-0.1, -0.05) is 292 Å². The van der Waals surface area contributed by atoms with Crippen LogP contribution in [0, 0.1) is 11.8 Å². The zero-order valence-electron chi connectivity index (χ0n) is 56.3. The van der Waals surface area contributed by atoms with Crippen LogP contribution in [0.25, 0.3) is 0 Å². The molecule has 0 aliphatic rings. The highest BCUT2D eigenvalue weighted by Gasteiger charge is 2.30. The summed E-state index contributed by atoms with van der Waals surface area (Å²) in [6.07, 6.45) is 44.6. The predicted octanol–water partition coefficient (Wildman–Crippen LogP) is 19.2. The summed E-state index contributed by atoms with van der Waals surface area (Å²) in [4.78, 5) is 72.4. The van der Waals surface area contributed by atoms with Crippen LogP contribution < -0.4 is 0 Å². The molecule has 0 aromatic carbocycles. The number of ether oxygens (including phenoxy) is 4. The van der Waals surface area contributed by atoms with E-state index in [2.05, 4.69) is 41.5 Å². The Morgan fingerprint density at radius 2 is 0.586 bits per heavy atom. The lowest BCUT2D eigenvalue weighted by molar-refractivity contribution is -0.161. The van der Waals surface area contributed by atoms with Gasteiger partial charge in [-0.25, -0.2) is 9.13 Å². The largest absolute Gasteiger partial charge is 0.472 e. The van der Waals surface area contributed by atoms with Crippen LogP contribution >= 0.6 is 15.6 Å². The Morgan fingerprint density at radius 3 is 0.874 bits per heavy atom. The van der Waals surface area contributed by atoms with Crippen molar-refractivity contribution in [3.8, 4) is 0 Å². The molecule has 0 heterocycles. The van der Waals surface area contributed by atoms with E-state index < -0.39 is 97.5 Å². The van der Waals surface area contributed by atoms with Gasteiger partial charge in [-0.2, -0.15) is 0 Å². The highest BCUT2D eigenvalue weighted by Crippen LogP contribution is 2.45. The third kappa shape index (κ3) is 61.3. The van der Waals surface area contributed by atoms with Crippen molar-refractivity contribution in [1.82, 2.24) is 0 Å². The van der Waals surface area contributed by atoms with Gasteiger partial charge < -0.3 is 33.8 Å². The fourth-order valence-corrected chi connectivity index (χ4v) is 11.8. The van der Waals surface area contributed by atoms with Gasteiger partial charge in [-0.3, -0.25) is 37.3 Å². The van der Waals surface area contributed by atoms with Crippen LogP contribution in [-0.2, 0) is 65.4 Å². The molecule has 6 atom stereocenters. The van der Waals surface area contributed by atoms with E-state index >= 15 is 0 Å². The number of unbranched alkanes of at least 4 members (excludes halogenated alkanes) is 36. The molecule has 0 aliphatic carbocycles. The van der Waals surface area contributed by atoms with Crippen molar-refractivity contribution in [1.29, 1.82) is 0 Å². The maximum absolute atomic E-state index is 13.0. The summed E-state index contributed by atoms with van der Waals surface area (Å²) >= 11 is 0. The van der Waals surface area contributed by atoms with Gasteiger partial charge in [0.05, 0.1) is 26.4 Å². The normalized spacial score (nSPS) is 14.5. The molecule has 0 rings (SSSR count). The minimum atomic E-state index is -4.95. The molecule has 0 saturated carbocycles. The quantitative estimate of drug-likeness (QED) is 0.0222. The smallest absolute Gasteiger partial charge is 0.462 e. The average molecular weight is 1280 g/mol. The van der Waals surface area contributed by atoms with E-state index in [1.807, 2.05) is 0 Å². The average Bonchev–Trinajstić information content (AvgIpc) is 3.50. The van der Waals surface area contributed by atoms with Crippen molar-refractivity contribution in [2.24, 2.45) is 11.8 Å². The Hall–Kier alpha value is -1.94. The van der Waals surface area contributed by atoms with E-state index in [0.29, 0.717) is 31.6 Å². The number of phosphoric ester groups is 2. The van der Waals surface area contributed by atoms with Crippen molar-refractivity contribution >= 4 is 39.5 Å². The van der Waals surface area contributed by atoms with Crippen molar-refractivity contribution in [2.45, 2.75) is 362 Å². The fourth-order valence-electron chi connectivity index (χ4n) is 10.2. The molecular weight excluding hydrogens is 1150 g/mol. The predicted molar refractivity (Wildman–Crippen MR) is 349 cm³/mol. The Morgan fingerprint density at radius 1 is 0.333 bits per heavy atom. The molecule has 0 spiro atoms. The summed E-state index contributed by atoms with van der Waals surface area (Å²) in [6.45, 7) is 9.40. The van der Waals surface area contributed by atoms with Crippen molar-refractivity contribution < 1.29 is 80.2 Å². The molecule has 0 aromatic rings. The molecule has 0 fully saturated rings. The number of rotatable bonds is 67. The number of carbonyl (C=O) groups excluding carboxylic acids is 4. The topological polar surface area (TPSA) is 237 Å². The van der Waals surface area contributed by atoms with Crippen molar-refractivity contribution in [3.63, 3.8) is 0 Å². The molecule has 0 aromatic heterocycles. The number of hydrogen-bond acceptors (Lipinski definition) is 15. The lowest BCUT2D eigenvalue weighted by Crippen LogP contribution is -2.30. The van der Waals surface area contributed by atoms with Crippen LogP contribution in [0.2, 0.25) is 0 Å². The Balaban J connectivity index is 5.24. The molecule has 87 heavy (non-hydrogen) atoms. The number of aliphatic hydroxyl groups is 1. The van der Waals surface area contributed by atoms with Crippen LogP contribution in [0.5, 0.6) is 0 Å². The lowest BCUT2D eigenvalue weighted by atomic mass is 10.00. The van der Waals surface area contributed by atoms with Gasteiger partial charge >= 0.3 is 39.5 Å². The molecule has 19 heteroatoms. The molecule has 0 amide bonds. The maximum atomic E-state index is 13.0. The number of aliphatic hydroxyl groups excluding tert-OH is 1. The molecule has 0 aliphatic heterocycles. The van der Waals surface area contributed by atoms with Crippen LogP contribution in [0.3, 0.4) is 0 Å². The van der Waals surface area contributed by atoms with Gasteiger partial charge in [0.25, 0.3) is 0 Å². The second-order valence-corrected chi connectivity index (χ2v) is 28.2. The lowest BCUT2D eigenvalue weighted by Gasteiger charge is -2.21. The van der Waals surface area contributed by atoms with E-state index in [0.717, 1.165) is 102 Å². The minimum absolute atomic E-state index is 0.102. The Labute approximate surface area is 530 Å². The number of esters is 4. The summed E-state index contributed by atoms with van der Waals surface area (Å²) in [5.41, 5.74) is 0. The first-order chi connectivity index (χ1) is 41.9. The second-order valence-electron chi connectivity index (χ2n) is 25.3. The van der Waals surface area contributed by atoms with Crippen molar-refractivity contribution in [2.75, 3.05) is 39.6 Å². The van der Waals surface area contributed by atoms with Crippen LogP contribution in [0.1, 0.15) is 343 Å². The molecule has 516 valence electrons. The summed E-state index contributed by atoms with van der Waals surface area (Å²) in [7, 11) is -9.89. The molecule has 3 unspecified atom stereocenters. The molecule has 0 saturated heterocycles. The van der Waals surface area contributed by atoms with Gasteiger partial charge in [-0.05, 0) is 37.5 Å². The highest BCUT2D eigenvalue weighted by molar-refractivity contribution is 7.47. The first kappa shape index (κ1) is 85.1. The monoisotopic (exact) mass is 1280 g/mol. The zero-order chi connectivity index (χ0) is 64.3. The number of hydrogen-bond donors (Lipinski definition) is 3. The van der Waals surface area contributed by atoms with Gasteiger partial charge in [-0.15, -0.1) is 0 Å². The molecule has 17 nitrogen and oxygen atoms in total. The van der Waals surface area contributed by atoms with Gasteiger partial charge in [0, 0.05) is 25.7 Å². The molecule has 0 radical (unpaired) electrons. The zero-order valence-corrected chi connectivity index (χ0v) is 58.1. The second kappa shape index (κ2) is 60.3. The van der Waals surface area contributed by atoms with Crippen LogP contribution in [0.15, 0.2) is 0 Å². The summed E-state index contributed by atoms with van der Waals surface area (Å²) < 4.78 is 68.2. The van der Waals surface area contributed by atoms with Gasteiger partial charge in [0.2, 0.25) is 0 Å². The standard InChI is InChI=1S/C68H132O17P2/c1-7-10-12-14-16-18-20-22-24-26-28-30-38-44-50-65(70)78-56-63(84-67(72)52-46-40-31-29-27-25-23-21-19-17-15-13-11-8-2)58-82-86(74,75)80-54-62(69)55-81-87(76,77)83-59-64(57-79-66(71)51-45-39-34-32-36-42-48-60(4)5)85-68(73)53-47-41-35-33-37-43-49-61(6)9-3/h60-64,69H,7-59H2,1-6H3,(H,74,75)(H,76,77)/t61?,62-,63-,64-/m1/s1. The molecule has 0 bridgehead atoms. The van der Waals surface area contributed by atoms with E-state index in [1.165, 1.54) is 154 Å². The van der Waals surface area contributed by atoms with Gasteiger partial charge in [0.15, 0.2) is 12.2 Å². The number of carbonyl (C=O) groups is 4. The highest BCUT2D eigenvalue weighted by atomic mass is 31.2. The number of phosphoric acid groups is 2. The Bertz CT molecular complexity index is 1700. The van der Waals surface area contributed by atoms with Gasteiger partial charge in [0.1, 0.15) is 19.3 Å². The maximum Gasteiger partial charge on any atom is 0.472 e. The minimum Gasteiger partial charge on any atom is -0.462 e. The first-order valence-electron chi connectivity index (χ1n) is 35.5. The molecular formula is C68H132O17P2. The summed E-state index contributed by atoms with van der Waals surface area (Å²) in [5, 5.41) is 10.6. The first-order valence-corrected chi connectivity index (χ1v) is 38.5. The van der Waals surface area contributed by atoms with Crippen LogP contribution in [0.4, 0.5) is 0 Å². The SMILES string of the molecule is CCCCCCCCCCCCCCCCC(=O)OC[C@H](COP(=O)(O)OC[C@@H](O)COP(=O)(O)OC[C@@H](COC(=O)CCCCCCCCC(C)C)OC(=O)CCCCCCCCC(C)CC)OC(=O)CCCCCCCCCCCCCCCC. The van der Waals surface area contributed by atoms with E-state index in [4.69, 9.17) is 37.0 Å². The Kier molecular flexibility index (Phi) is 59.0. The third-order valence-corrected chi connectivity index (χ3v) is 18.0. The summed E-state index contributed by atoms with van der Waals surface area (Å²) in [6, 6.07) is 0.